The summed E-state index contributed by atoms with van der Waals surface area (Å²) in [6.07, 6.45) is 5.62. The van der Waals surface area contributed by atoms with Gasteiger partial charge in [0, 0.05) is 6.07 Å². The lowest BCUT2D eigenvalue weighted by atomic mass is 10.2. The van der Waals surface area contributed by atoms with E-state index in [0.717, 1.165) is 6.54 Å². The molecular weight excluding hydrogens is 247 g/mol. The fraction of sp³-hybridized carbons (Fsp3) is 0.0909. The van der Waals surface area contributed by atoms with Crippen LogP contribution in [0.15, 0.2) is 55.1 Å². The predicted molar refractivity (Wildman–Crippen MR) is 60.2 cm³/mol. The summed E-state index contributed by atoms with van der Waals surface area (Å²) in [4.78, 5) is 4.04. The molecule has 0 aliphatic carbocycles. The second-order valence-electron chi connectivity index (χ2n) is 3.41. The molecule has 1 heterocycles. The Morgan fingerprint density at radius 2 is 1.61 bits per heavy atom. The molecule has 0 N–H and O–H groups in total. The maximum atomic E-state index is 9.75. The fourth-order valence-electron chi connectivity index (χ4n) is 1.25. The van der Waals surface area contributed by atoms with Gasteiger partial charge in [-0.2, -0.15) is 0 Å². The molecule has 0 unspecified atom stereocenters. The third-order valence-electron chi connectivity index (χ3n) is 1.87. The Hall–Kier alpha value is -1.92. The van der Waals surface area contributed by atoms with Gasteiger partial charge in [0.2, 0.25) is 0 Å². The van der Waals surface area contributed by atoms with Crippen LogP contribution in [0.1, 0.15) is 5.56 Å². The van der Waals surface area contributed by atoms with Crippen LogP contribution in [0.2, 0.25) is 0 Å². The van der Waals surface area contributed by atoms with Crippen molar-refractivity contribution in [3.8, 4) is 0 Å². The van der Waals surface area contributed by atoms with Crippen molar-refractivity contribution in [2.75, 3.05) is 0 Å². The summed E-state index contributed by atoms with van der Waals surface area (Å²) < 4.78 is 41.1. The molecule has 0 fully saturated rings. The normalized spacial score (nSPS) is 10.4. The molecule has 0 radical (unpaired) electrons. The molecule has 0 bridgehead atoms. The Bertz CT molecular complexity index is 404. The number of benzene rings is 1. The van der Waals surface area contributed by atoms with E-state index in [4.69, 9.17) is 0 Å². The first-order valence-corrected chi connectivity index (χ1v) is 5.15. The first-order chi connectivity index (χ1) is 8.45. The molecule has 0 amide bonds. The van der Waals surface area contributed by atoms with Crippen molar-refractivity contribution < 1.29 is 21.8 Å². The SMILES string of the molecule is F[B-](F)(F)F.c1ccc(C[n+]2cccnc2)cc1. The van der Waals surface area contributed by atoms with Crippen LogP contribution in [-0.2, 0) is 6.54 Å². The second kappa shape index (κ2) is 6.73. The third kappa shape index (κ3) is 7.37. The lowest BCUT2D eigenvalue weighted by molar-refractivity contribution is -0.691. The van der Waals surface area contributed by atoms with Crippen molar-refractivity contribution in [3.05, 3.63) is 60.7 Å². The van der Waals surface area contributed by atoms with E-state index >= 15 is 0 Å². The zero-order valence-electron chi connectivity index (χ0n) is 9.39. The average Bonchev–Trinajstić information content (AvgIpc) is 2.29. The topological polar surface area (TPSA) is 16.8 Å². The van der Waals surface area contributed by atoms with Gasteiger partial charge in [-0.15, -0.1) is 0 Å². The molecule has 0 atom stereocenters. The Balaban J connectivity index is 0.000000280. The van der Waals surface area contributed by atoms with Crippen LogP contribution in [0.5, 0.6) is 0 Å². The molecule has 0 aliphatic rings. The number of hydrogen-bond donors (Lipinski definition) is 0. The highest BCUT2D eigenvalue weighted by Gasteiger charge is 2.20. The molecule has 7 heteroatoms. The number of halogens is 4. The highest BCUT2D eigenvalue weighted by Crippen LogP contribution is 2.06. The Morgan fingerprint density at radius 1 is 1.00 bits per heavy atom. The van der Waals surface area contributed by atoms with Gasteiger partial charge in [0.25, 0.3) is 6.33 Å². The van der Waals surface area contributed by atoms with Crippen LogP contribution < -0.4 is 4.57 Å². The van der Waals surface area contributed by atoms with E-state index in [-0.39, 0.29) is 0 Å². The Morgan fingerprint density at radius 3 is 2.11 bits per heavy atom. The summed E-state index contributed by atoms with van der Waals surface area (Å²) in [5.41, 5.74) is 1.29. The summed E-state index contributed by atoms with van der Waals surface area (Å²) in [6.45, 7) is 0.884. The van der Waals surface area contributed by atoms with Crippen molar-refractivity contribution in [3.63, 3.8) is 0 Å². The van der Waals surface area contributed by atoms with Gasteiger partial charge in [-0.3, -0.25) is 0 Å². The van der Waals surface area contributed by atoms with Crippen molar-refractivity contribution in [2.24, 2.45) is 0 Å². The lowest BCUT2D eigenvalue weighted by Crippen LogP contribution is -2.33. The van der Waals surface area contributed by atoms with Crippen LogP contribution in [0.4, 0.5) is 17.3 Å². The van der Waals surface area contributed by atoms with Crippen LogP contribution in [-0.4, -0.2) is 12.2 Å². The molecule has 0 saturated carbocycles. The number of aromatic nitrogens is 2. The molecular formula is C11H11BF4N2. The summed E-state index contributed by atoms with van der Waals surface area (Å²) in [6, 6.07) is 12.3. The van der Waals surface area contributed by atoms with E-state index < -0.39 is 7.25 Å². The van der Waals surface area contributed by atoms with Gasteiger partial charge in [0.1, 0.15) is 12.7 Å². The average molecular weight is 258 g/mol. The summed E-state index contributed by atoms with van der Waals surface area (Å²) in [5, 5.41) is 0. The van der Waals surface area contributed by atoms with Gasteiger partial charge in [0.05, 0.1) is 6.20 Å². The van der Waals surface area contributed by atoms with Gasteiger partial charge in [0.15, 0.2) is 0 Å². The molecule has 0 spiro atoms. The molecule has 2 aromatic rings. The van der Waals surface area contributed by atoms with Crippen molar-refractivity contribution >= 4 is 7.25 Å². The minimum absolute atomic E-state index is 0.884. The number of nitrogens with zero attached hydrogens (tertiary/aromatic N) is 2. The minimum Gasteiger partial charge on any atom is -0.418 e. The number of hydrogen-bond acceptors (Lipinski definition) is 1. The maximum absolute atomic E-state index is 9.75. The molecule has 1 aromatic heterocycles. The van der Waals surface area contributed by atoms with E-state index in [1.807, 2.05) is 36.8 Å². The standard InChI is InChI=1S/C11H11N2.BF4/c1-2-5-11(6-3-1)9-13-8-4-7-12-10-13;2-1(3,4)5/h1-8,10H,9H2;/q+1;-1. The van der Waals surface area contributed by atoms with E-state index in [9.17, 15) is 17.3 Å². The summed E-state index contributed by atoms with van der Waals surface area (Å²) in [7, 11) is -6.00. The van der Waals surface area contributed by atoms with E-state index in [1.165, 1.54) is 5.56 Å². The highest BCUT2D eigenvalue weighted by atomic mass is 19.5. The molecule has 1 aromatic carbocycles. The monoisotopic (exact) mass is 258 g/mol. The van der Waals surface area contributed by atoms with E-state index in [2.05, 4.69) is 21.7 Å². The lowest BCUT2D eigenvalue weighted by Gasteiger charge is -1.97. The largest absolute Gasteiger partial charge is 0.673 e. The smallest absolute Gasteiger partial charge is 0.418 e. The fourth-order valence-corrected chi connectivity index (χ4v) is 1.25. The predicted octanol–water partition coefficient (Wildman–Crippen LogP) is 2.72. The molecule has 0 saturated heterocycles. The van der Waals surface area contributed by atoms with Gasteiger partial charge in [-0.1, -0.05) is 35.3 Å². The molecule has 0 aliphatic heterocycles. The zero-order chi connectivity index (χ0) is 13.4. The van der Waals surface area contributed by atoms with Crippen LogP contribution in [0, 0.1) is 0 Å². The first kappa shape index (κ1) is 14.1. The van der Waals surface area contributed by atoms with Gasteiger partial charge < -0.3 is 17.3 Å². The summed E-state index contributed by atoms with van der Waals surface area (Å²) >= 11 is 0. The first-order valence-electron chi connectivity index (χ1n) is 5.15. The van der Waals surface area contributed by atoms with Crippen LogP contribution in [0.25, 0.3) is 0 Å². The van der Waals surface area contributed by atoms with E-state index in [0.29, 0.717) is 0 Å². The maximum Gasteiger partial charge on any atom is 0.673 e. The second-order valence-corrected chi connectivity index (χ2v) is 3.41. The Labute approximate surface area is 102 Å². The molecule has 2 nitrogen and oxygen atoms in total. The summed E-state index contributed by atoms with van der Waals surface area (Å²) in [5.74, 6) is 0. The van der Waals surface area contributed by atoms with Crippen molar-refractivity contribution in [1.29, 1.82) is 0 Å². The van der Waals surface area contributed by atoms with Crippen molar-refractivity contribution in [2.45, 2.75) is 6.54 Å². The van der Waals surface area contributed by atoms with Crippen LogP contribution in [0.3, 0.4) is 0 Å². The number of rotatable bonds is 2. The Kier molecular flexibility index (Phi) is 5.29. The van der Waals surface area contributed by atoms with E-state index in [1.54, 1.807) is 6.20 Å². The van der Waals surface area contributed by atoms with Gasteiger partial charge in [-0.25, -0.2) is 4.57 Å². The molecule has 96 valence electrons. The quantitative estimate of drug-likeness (QED) is 0.459. The molecule has 2 rings (SSSR count). The molecule has 18 heavy (non-hydrogen) atoms. The third-order valence-corrected chi connectivity index (χ3v) is 1.87. The van der Waals surface area contributed by atoms with Gasteiger partial charge in [-0.05, 0) is 5.56 Å². The highest BCUT2D eigenvalue weighted by molar-refractivity contribution is 6.50. The van der Waals surface area contributed by atoms with Gasteiger partial charge >= 0.3 is 7.25 Å². The minimum atomic E-state index is -6.00. The zero-order valence-corrected chi connectivity index (χ0v) is 9.39. The van der Waals surface area contributed by atoms with Crippen molar-refractivity contribution in [1.82, 2.24) is 4.98 Å². The van der Waals surface area contributed by atoms with Crippen LogP contribution >= 0.6 is 0 Å².